The Morgan fingerprint density at radius 1 is 1.08 bits per heavy atom. The molecule has 2 aromatic rings. The lowest BCUT2D eigenvalue weighted by Gasteiger charge is -2.32. The molecule has 24 heavy (non-hydrogen) atoms. The zero-order chi connectivity index (χ0) is 16.9. The van der Waals surface area contributed by atoms with Gasteiger partial charge in [0.2, 0.25) is 0 Å². The van der Waals surface area contributed by atoms with Crippen LogP contribution in [0.2, 0.25) is 0 Å². The molecule has 0 atom stereocenters. The molecule has 1 N–H and O–H groups in total. The Morgan fingerprint density at radius 2 is 1.79 bits per heavy atom. The fourth-order valence-electron chi connectivity index (χ4n) is 2.86. The van der Waals surface area contributed by atoms with Crippen LogP contribution in [0, 0.1) is 6.92 Å². The van der Waals surface area contributed by atoms with Crippen LogP contribution >= 0.6 is 0 Å². The number of carbonyl (C=O) groups excluding carboxylic acids is 2. The summed E-state index contributed by atoms with van der Waals surface area (Å²) in [5.41, 5.74) is 2.29. The third-order valence-corrected chi connectivity index (χ3v) is 4.31. The van der Waals surface area contributed by atoms with E-state index in [1.165, 1.54) is 0 Å². The average molecular weight is 323 g/mol. The fourth-order valence-corrected chi connectivity index (χ4v) is 2.86. The molecular formula is C19H21N3O2. The number of aryl methyl sites for hydroxylation is 1. The second kappa shape index (κ2) is 7.25. The van der Waals surface area contributed by atoms with Gasteiger partial charge in [0.1, 0.15) is 5.69 Å². The van der Waals surface area contributed by atoms with Crippen LogP contribution in [0.15, 0.2) is 48.7 Å². The minimum atomic E-state index is -0.154. The predicted octanol–water partition coefficient (Wildman–Crippen LogP) is 2.42. The summed E-state index contributed by atoms with van der Waals surface area (Å²) in [7, 11) is 0. The van der Waals surface area contributed by atoms with Gasteiger partial charge in [-0.25, -0.2) is 0 Å². The van der Waals surface area contributed by atoms with E-state index in [-0.39, 0.29) is 17.9 Å². The number of piperidine rings is 1. The van der Waals surface area contributed by atoms with Crippen molar-refractivity contribution in [3.05, 3.63) is 65.5 Å². The van der Waals surface area contributed by atoms with Crippen LogP contribution in [0.5, 0.6) is 0 Å². The van der Waals surface area contributed by atoms with E-state index in [2.05, 4.69) is 10.3 Å². The maximum atomic E-state index is 12.5. The molecule has 1 aromatic heterocycles. The molecule has 0 saturated carbocycles. The first-order valence-electron chi connectivity index (χ1n) is 8.21. The SMILES string of the molecule is Cc1ccc(C(=O)N2CCC(NC(=O)c3ccccn3)CC2)cc1. The monoisotopic (exact) mass is 323 g/mol. The van der Waals surface area contributed by atoms with Gasteiger partial charge in [-0.3, -0.25) is 14.6 Å². The summed E-state index contributed by atoms with van der Waals surface area (Å²) in [6.45, 7) is 3.31. The lowest BCUT2D eigenvalue weighted by atomic mass is 10.0. The van der Waals surface area contributed by atoms with Crippen LogP contribution < -0.4 is 5.32 Å². The van der Waals surface area contributed by atoms with Crippen molar-refractivity contribution in [1.29, 1.82) is 0 Å². The summed E-state index contributed by atoms with van der Waals surface area (Å²) >= 11 is 0. The zero-order valence-electron chi connectivity index (χ0n) is 13.7. The maximum Gasteiger partial charge on any atom is 0.270 e. The molecule has 0 bridgehead atoms. The van der Waals surface area contributed by atoms with Gasteiger partial charge in [0.25, 0.3) is 11.8 Å². The van der Waals surface area contributed by atoms with Gasteiger partial charge in [-0.2, -0.15) is 0 Å². The number of nitrogens with one attached hydrogen (secondary N) is 1. The van der Waals surface area contributed by atoms with E-state index in [9.17, 15) is 9.59 Å². The summed E-state index contributed by atoms with van der Waals surface area (Å²) in [6, 6.07) is 13.0. The van der Waals surface area contributed by atoms with Crippen LogP contribution in [-0.4, -0.2) is 40.8 Å². The fraction of sp³-hybridized carbons (Fsp3) is 0.316. The molecule has 1 aliphatic heterocycles. The summed E-state index contributed by atoms with van der Waals surface area (Å²) in [6.07, 6.45) is 3.13. The molecule has 0 spiro atoms. The van der Waals surface area contributed by atoms with E-state index in [0.717, 1.165) is 24.0 Å². The number of benzene rings is 1. The van der Waals surface area contributed by atoms with E-state index in [4.69, 9.17) is 0 Å². The Kier molecular flexibility index (Phi) is 4.89. The van der Waals surface area contributed by atoms with Crippen LogP contribution in [-0.2, 0) is 0 Å². The van der Waals surface area contributed by atoms with Crippen molar-refractivity contribution in [2.45, 2.75) is 25.8 Å². The van der Waals surface area contributed by atoms with Crippen molar-refractivity contribution < 1.29 is 9.59 Å². The number of nitrogens with zero attached hydrogens (tertiary/aromatic N) is 2. The summed E-state index contributed by atoms with van der Waals surface area (Å²) in [4.78, 5) is 30.5. The van der Waals surface area contributed by atoms with E-state index in [0.29, 0.717) is 18.8 Å². The number of pyridine rings is 1. The predicted molar refractivity (Wildman–Crippen MR) is 91.8 cm³/mol. The van der Waals surface area contributed by atoms with Gasteiger partial charge in [0, 0.05) is 30.9 Å². The maximum absolute atomic E-state index is 12.5. The Morgan fingerprint density at radius 3 is 2.42 bits per heavy atom. The topological polar surface area (TPSA) is 62.3 Å². The molecular weight excluding hydrogens is 302 g/mol. The third kappa shape index (κ3) is 3.79. The van der Waals surface area contributed by atoms with Crippen molar-refractivity contribution in [3.8, 4) is 0 Å². The molecule has 3 rings (SSSR count). The summed E-state index contributed by atoms with van der Waals surface area (Å²) in [5, 5.41) is 3.00. The zero-order valence-corrected chi connectivity index (χ0v) is 13.7. The van der Waals surface area contributed by atoms with Crippen LogP contribution in [0.25, 0.3) is 0 Å². The lowest BCUT2D eigenvalue weighted by Crippen LogP contribution is -2.46. The van der Waals surface area contributed by atoms with E-state index in [1.807, 2.05) is 36.1 Å². The molecule has 5 heteroatoms. The minimum Gasteiger partial charge on any atom is -0.348 e. The highest BCUT2D eigenvalue weighted by Crippen LogP contribution is 2.15. The van der Waals surface area contributed by atoms with Crippen molar-refractivity contribution in [2.24, 2.45) is 0 Å². The molecule has 2 heterocycles. The van der Waals surface area contributed by atoms with Crippen molar-refractivity contribution in [2.75, 3.05) is 13.1 Å². The first-order chi connectivity index (χ1) is 11.6. The van der Waals surface area contributed by atoms with Crippen molar-refractivity contribution in [3.63, 3.8) is 0 Å². The molecule has 0 unspecified atom stereocenters. The van der Waals surface area contributed by atoms with Gasteiger partial charge in [-0.05, 0) is 44.0 Å². The van der Waals surface area contributed by atoms with Crippen LogP contribution in [0.1, 0.15) is 39.3 Å². The molecule has 2 amide bonds. The largest absolute Gasteiger partial charge is 0.348 e. The van der Waals surface area contributed by atoms with Crippen LogP contribution in [0.3, 0.4) is 0 Å². The molecule has 1 aromatic carbocycles. The highest BCUT2D eigenvalue weighted by atomic mass is 16.2. The van der Waals surface area contributed by atoms with E-state index >= 15 is 0 Å². The van der Waals surface area contributed by atoms with Gasteiger partial charge in [0.15, 0.2) is 0 Å². The number of hydrogen-bond donors (Lipinski definition) is 1. The minimum absolute atomic E-state index is 0.0597. The number of aromatic nitrogens is 1. The Hall–Kier alpha value is -2.69. The quantitative estimate of drug-likeness (QED) is 0.943. The smallest absolute Gasteiger partial charge is 0.270 e. The van der Waals surface area contributed by atoms with Gasteiger partial charge in [-0.15, -0.1) is 0 Å². The summed E-state index contributed by atoms with van der Waals surface area (Å²) < 4.78 is 0. The first-order valence-corrected chi connectivity index (χ1v) is 8.21. The Labute approximate surface area is 141 Å². The number of carbonyl (C=O) groups is 2. The number of likely N-dealkylation sites (tertiary alicyclic amines) is 1. The normalized spacial score (nSPS) is 15.1. The van der Waals surface area contributed by atoms with Crippen LogP contribution in [0.4, 0.5) is 0 Å². The van der Waals surface area contributed by atoms with E-state index in [1.54, 1.807) is 24.4 Å². The molecule has 0 aliphatic carbocycles. The van der Waals surface area contributed by atoms with Gasteiger partial charge >= 0.3 is 0 Å². The molecule has 0 radical (unpaired) electrons. The molecule has 1 saturated heterocycles. The number of rotatable bonds is 3. The third-order valence-electron chi connectivity index (χ3n) is 4.31. The summed E-state index contributed by atoms with van der Waals surface area (Å²) in [5.74, 6) is -0.0941. The highest BCUT2D eigenvalue weighted by Gasteiger charge is 2.25. The average Bonchev–Trinajstić information content (AvgIpc) is 2.63. The van der Waals surface area contributed by atoms with Crippen molar-refractivity contribution >= 4 is 11.8 Å². The number of amides is 2. The van der Waals surface area contributed by atoms with E-state index < -0.39 is 0 Å². The Bertz CT molecular complexity index is 705. The second-order valence-corrected chi connectivity index (χ2v) is 6.12. The Balaban J connectivity index is 1.53. The lowest BCUT2D eigenvalue weighted by molar-refractivity contribution is 0.0697. The van der Waals surface area contributed by atoms with Crippen molar-refractivity contribution in [1.82, 2.24) is 15.2 Å². The van der Waals surface area contributed by atoms with Gasteiger partial charge < -0.3 is 10.2 Å². The van der Waals surface area contributed by atoms with Gasteiger partial charge in [0.05, 0.1) is 0 Å². The second-order valence-electron chi connectivity index (χ2n) is 6.12. The molecule has 5 nitrogen and oxygen atoms in total. The highest BCUT2D eigenvalue weighted by molar-refractivity contribution is 5.94. The van der Waals surface area contributed by atoms with Gasteiger partial charge in [-0.1, -0.05) is 23.8 Å². The molecule has 124 valence electrons. The molecule has 1 aliphatic rings. The molecule has 1 fully saturated rings. The standard InChI is InChI=1S/C19H21N3O2/c1-14-5-7-15(8-6-14)19(24)22-12-9-16(10-13-22)21-18(23)17-4-2-3-11-20-17/h2-8,11,16H,9-10,12-13H2,1H3,(H,21,23). The first kappa shape index (κ1) is 16.2. The number of hydrogen-bond acceptors (Lipinski definition) is 3.